The zero-order chi connectivity index (χ0) is 27.6. The molecule has 0 aliphatic carbocycles. The molecule has 2 saturated heterocycles. The molecule has 2 aliphatic heterocycles. The van der Waals surface area contributed by atoms with Crippen LogP contribution in [0.3, 0.4) is 0 Å². The summed E-state index contributed by atoms with van der Waals surface area (Å²) in [7, 11) is 1.75. The minimum Gasteiger partial charge on any atom is -0.493 e. The maximum absolute atomic E-state index is 14.0. The number of nitrogens with zero attached hydrogens (tertiary/aromatic N) is 6. The summed E-state index contributed by atoms with van der Waals surface area (Å²) in [5.74, 6) is 0.315. The SMILES string of the molecule is Cn1cnc2c(C#N)nc(-c3ccc(OCCC4CCN(CC(=O)N5CCCC5)CC4)c(C(F)(F)F)c3)cc21. The summed E-state index contributed by atoms with van der Waals surface area (Å²) in [6.07, 6.45) is 1.51. The largest absolute Gasteiger partial charge is 0.493 e. The van der Waals surface area contributed by atoms with Gasteiger partial charge in [0.05, 0.1) is 36.3 Å². The van der Waals surface area contributed by atoms with Crippen LogP contribution >= 0.6 is 0 Å². The second kappa shape index (κ2) is 11.2. The fourth-order valence-electron chi connectivity index (χ4n) is 5.42. The number of aryl methyl sites for hydroxylation is 1. The molecule has 2 aliphatic rings. The van der Waals surface area contributed by atoms with E-state index in [-0.39, 0.29) is 35.2 Å². The van der Waals surface area contributed by atoms with Crippen LogP contribution in [0.2, 0.25) is 0 Å². The molecule has 1 aromatic carbocycles. The first kappa shape index (κ1) is 26.9. The number of imidazole rings is 1. The summed E-state index contributed by atoms with van der Waals surface area (Å²) in [4.78, 5) is 24.9. The molecule has 0 N–H and O–H groups in total. The van der Waals surface area contributed by atoms with Gasteiger partial charge in [0.1, 0.15) is 17.3 Å². The Morgan fingerprint density at radius 2 is 1.90 bits per heavy atom. The van der Waals surface area contributed by atoms with Gasteiger partial charge in [0.15, 0.2) is 5.69 Å². The zero-order valence-corrected chi connectivity index (χ0v) is 21.9. The first-order valence-electron chi connectivity index (χ1n) is 13.3. The van der Waals surface area contributed by atoms with Crippen LogP contribution < -0.4 is 4.74 Å². The number of fused-ring (bicyclic) bond motifs is 1. The van der Waals surface area contributed by atoms with Gasteiger partial charge in [0, 0.05) is 25.7 Å². The molecule has 5 rings (SSSR count). The van der Waals surface area contributed by atoms with E-state index in [9.17, 15) is 23.2 Å². The molecule has 11 heteroatoms. The summed E-state index contributed by atoms with van der Waals surface area (Å²) in [5.41, 5.74) is 0.699. The van der Waals surface area contributed by atoms with Crippen LogP contribution in [0.25, 0.3) is 22.3 Å². The van der Waals surface area contributed by atoms with Crippen LogP contribution in [-0.4, -0.2) is 69.6 Å². The second-order valence-corrected chi connectivity index (χ2v) is 10.3. The first-order chi connectivity index (χ1) is 18.7. The van der Waals surface area contributed by atoms with Crippen molar-refractivity contribution >= 4 is 16.9 Å². The number of carbonyl (C=O) groups is 1. The van der Waals surface area contributed by atoms with Crippen molar-refractivity contribution < 1.29 is 22.7 Å². The molecule has 4 heterocycles. The number of aromatic nitrogens is 3. The number of pyridine rings is 1. The maximum atomic E-state index is 14.0. The number of ether oxygens (including phenoxy) is 1. The van der Waals surface area contributed by atoms with E-state index in [0.29, 0.717) is 29.9 Å². The fraction of sp³-hybridized carbons (Fsp3) is 0.500. The Labute approximate surface area is 225 Å². The maximum Gasteiger partial charge on any atom is 0.419 e. The fourth-order valence-corrected chi connectivity index (χ4v) is 5.42. The van der Waals surface area contributed by atoms with Crippen molar-refractivity contribution in [1.29, 1.82) is 5.26 Å². The lowest BCUT2D eigenvalue weighted by molar-refractivity contribution is -0.139. The topological polar surface area (TPSA) is 87.3 Å². The number of piperidine rings is 1. The van der Waals surface area contributed by atoms with Crippen molar-refractivity contribution in [2.75, 3.05) is 39.3 Å². The Hall–Kier alpha value is -3.65. The molecule has 0 bridgehead atoms. The molecule has 8 nitrogen and oxygen atoms in total. The molecular formula is C28H31F3N6O2. The predicted molar refractivity (Wildman–Crippen MR) is 139 cm³/mol. The van der Waals surface area contributed by atoms with Crippen molar-refractivity contribution in [1.82, 2.24) is 24.3 Å². The Morgan fingerprint density at radius 1 is 1.15 bits per heavy atom. The molecule has 39 heavy (non-hydrogen) atoms. The summed E-state index contributed by atoms with van der Waals surface area (Å²) in [6.45, 7) is 3.95. The highest BCUT2D eigenvalue weighted by molar-refractivity contribution is 5.84. The molecule has 2 fully saturated rings. The van der Waals surface area contributed by atoms with Crippen LogP contribution in [0.15, 0.2) is 30.6 Å². The highest BCUT2D eigenvalue weighted by atomic mass is 19.4. The van der Waals surface area contributed by atoms with E-state index >= 15 is 0 Å². The number of carbonyl (C=O) groups excluding carboxylic acids is 1. The van der Waals surface area contributed by atoms with Gasteiger partial charge in [-0.2, -0.15) is 18.4 Å². The van der Waals surface area contributed by atoms with Gasteiger partial charge in [0.25, 0.3) is 0 Å². The van der Waals surface area contributed by atoms with Crippen molar-refractivity contribution in [3.8, 4) is 23.1 Å². The van der Waals surface area contributed by atoms with Crippen LogP contribution in [0.5, 0.6) is 5.75 Å². The van der Waals surface area contributed by atoms with E-state index in [4.69, 9.17) is 4.74 Å². The van der Waals surface area contributed by atoms with Gasteiger partial charge in [-0.15, -0.1) is 0 Å². The summed E-state index contributed by atoms with van der Waals surface area (Å²) >= 11 is 0. The standard InChI is InChI=1S/C28H31F3N6O2/c1-35-18-33-27-23(16-32)34-22(15-24(27)35)20-4-5-25(21(14-20)28(29,30)31)39-13-8-19-6-11-36(12-7-19)17-26(38)37-9-2-3-10-37/h4-5,14-15,18-19H,2-3,6-13,17H2,1H3. The van der Waals surface area contributed by atoms with Crippen molar-refractivity contribution in [2.45, 2.75) is 38.3 Å². The molecule has 0 radical (unpaired) electrons. The average Bonchev–Trinajstić information content (AvgIpc) is 3.59. The van der Waals surface area contributed by atoms with E-state index < -0.39 is 11.7 Å². The molecule has 3 aromatic rings. The molecule has 1 amide bonds. The number of alkyl halides is 3. The number of amides is 1. The van der Waals surface area contributed by atoms with Gasteiger partial charge < -0.3 is 14.2 Å². The Kier molecular flexibility index (Phi) is 7.75. The number of hydrogen-bond acceptors (Lipinski definition) is 6. The summed E-state index contributed by atoms with van der Waals surface area (Å²) in [5, 5.41) is 9.47. The normalized spacial score (nSPS) is 17.1. The van der Waals surface area contributed by atoms with E-state index in [2.05, 4.69) is 14.9 Å². The van der Waals surface area contributed by atoms with Gasteiger partial charge in [0.2, 0.25) is 5.91 Å². The molecule has 0 unspecified atom stereocenters. The molecule has 0 spiro atoms. The van der Waals surface area contributed by atoms with Gasteiger partial charge in [-0.05, 0) is 75.4 Å². The van der Waals surface area contributed by atoms with Gasteiger partial charge >= 0.3 is 6.18 Å². The third-order valence-electron chi connectivity index (χ3n) is 7.71. The Morgan fingerprint density at radius 3 is 2.59 bits per heavy atom. The molecule has 206 valence electrons. The quantitative estimate of drug-likeness (QED) is 0.434. The molecule has 2 aromatic heterocycles. The second-order valence-electron chi connectivity index (χ2n) is 10.3. The first-order valence-corrected chi connectivity index (χ1v) is 13.3. The van der Waals surface area contributed by atoms with Crippen LogP contribution in [0.1, 0.15) is 43.4 Å². The minimum atomic E-state index is -4.62. The minimum absolute atomic E-state index is 0.0587. The van der Waals surface area contributed by atoms with Gasteiger partial charge in [-0.1, -0.05) is 0 Å². The number of rotatable bonds is 7. The highest BCUT2D eigenvalue weighted by Gasteiger charge is 2.35. The van der Waals surface area contributed by atoms with Crippen molar-refractivity contribution in [3.05, 3.63) is 41.9 Å². The highest BCUT2D eigenvalue weighted by Crippen LogP contribution is 2.39. The van der Waals surface area contributed by atoms with E-state index in [0.717, 1.165) is 57.9 Å². The average molecular weight is 541 g/mol. The number of halogens is 3. The van der Waals surface area contributed by atoms with Crippen molar-refractivity contribution in [2.24, 2.45) is 13.0 Å². The van der Waals surface area contributed by atoms with Crippen LogP contribution in [-0.2, 0) is 18.0 Å². The predicted octanol–water partition coefficient (Wildman–Crippen LogP) is 4.63. The van der Waals surface area contributed by atoms with Crippen molar-refractivity contribution in [3.63, 3.8) is 0 Å². The lowest BCUT2D eigenvalue weighted by atomic mass is 9.94. The number of nitriles is 1. The summed E-state index contributed by atoms with van der Waals surface area (Å²) in [6, 6.07) is 7.49. The van der Waals surface area contributed by atoms with Crippen LogP contribution in [0, 0.1) is 17.2 Å². The third kappa shape index (κ3) is 6.01. The lowest BCUT2D eigenvalue weighted by Crippen LogP contribution is -2.42. The van der Waals surface area contributed by atoms with E-state index in [1.807, 2.05) is 11.0 Å². The smallest absolute Gasteiger partial charge is 0.419 e. The third-order valence-corrected chi connectivity index (χ3v) is 7.71. The Bertz CT molecular complexity index is 1380. The summed E-state index contributed by atoms with van der Waals surface area (Å²) < 4.78 is 49.3. The van der Waals surface area contributed by atoms with E-state index in [1.54, 1.807) is 17.7 Å². The van der Waals surface area contributed by atoms with Crippen LogP contribution in [0.4, 0.5) is 13.2 Å². The molecule has 0 atom stereocenters. The Balaban J connectivity index is 1.21. The molecular weight excluding hydrogens is 509 g/mol. The zero-order valence-electron chi connectivity index (χ0n) is 21.9. The van der Waals surface area contributed by atoms with Gasteiger partial charge in [-0.3, -0.25) is 9.69 Å². The van der Waals surface area contributed by atoms with E-state index in [1.165, 1.54) is 18.5 Å². The molecule has 0 saturated carbocycles. The lowest BCUT2D eigenvalue weighted by Gasteiger charge is -2.32. The van der Waals surface area contributed by atoms with Gasteiger partial charge in [-0.25, -0.2) is 9.97 Å². The number of benzene rings is 1. The monoisotopic (exact) mass is 540 g/mol. The number of hydrogen-bond donors (Lipinski definition) is 0. The number of likely N-dealkylation sites (tertiary alicyclic amines) is 2.